The number of guanidine groups is 1. The Morgan fingerprint density at radius 2 is 1.13 bits per heavy atom. The quantitative estimate of drug-likeness (QED) is 0.0574. The molecule has 6 atom stereocenters. The second kappa shape index (κ2) is 17.2. The number of nitrogens with two attached hydrogens (primary N) is 4. The van der Waals surface area contributed by atoms with E-state index in [0.29, 0.717) is 25.8 Å². The lowest BCUT2D eigenvalue weighted by molar-refractivity contribution is -0.136. The van der Waals surface area contributed by atoms with Crippen molar-refractivity contribution in [2.45, 2.75) is 97.9 Å². The van der Waals surface area contributed by atoms with E-state index in [1.807, 2.05) is 6.92 Å². The Balaban J connectivity index is 5.51. The third kappa shape index (κ3) is 12.8. The SMILES string of the molecule is CC[C@H](C)[C@H](NC(=O)[C@@H](NC(=O)[C@@H](NC(=O)[C@@H](N)CCCN=C(N)N)C(C)C)C(C)C)C(=O)N[C@@H](C)C(N)=O. The van der Waals surface area contributed by atoms with Crippen molar-refractivity contribution in [1.29, 1.82) is 0 Å². The molecule has 0 aromatic rings. The van der Waals surface area contributed by atoms with Crippen LogP contribution < -0.4 is 44.2 Å². The molecule has 39 heavy (non-hydrogen) atoms. The van der Waals surface area contributed by atoms with E-state index in [1.165, 1.54) is 6.92 Å². The van der Waals surface area contributed by atoms with E-state index >= 15 is 0 Å². The lowest BCUT2D eigenvalue weighted by Gasteiger charge is -2.30. The molecule has 0 spiro atoms. The highest BCUT2D eigenvalue weighted by Gasteiger charge is 2.34. The molecule has 0 radical (unpaired) electrons. The highest BCUT2D eigenvalue weighted by molar-refractivity contribution is 5.96. The molecule has 0 unspecified atom stereocenters. The summed E-state index contributed by atoms with van der Waals surface area (Å²) in [7, 11) is 0. The number of carbonyl (C=O) groups excluding carboxylic acids is 5. The van der Waals surface area contributed by atoms with Crippen molar-refractivity contribution in [3.8, 4) is 0 Å². The number of carbonyl (C=O) groups is 5. The Morgan fingerprint density at radius 3 is 1.54 bits per heavy atom. The average Bonchev–Trinajstić information content (AvgIpc) is 2.84. The molecule has 5 amide bonds. The summed E-state index contributed by atoms with van der Waals surface area (Å²) in [6, 6.07) is -4.72. The highest BCUT2D eigenvalue weighted by Crippen LogP contribution is 2.12. The van der Waals surface area contributed by atoms with Gasteiger partial charge in [-0.1, -0.05) is 48.0 Å². The molecule has 0 rings (SSSR count). The van der Waals surface area contributed by atoms with Gasteiger partial charge < -0.3 is 44.2 Å². The van der Waals surface area contributed by atoms with Crippen LogP contribution in [0.25, 0.3) is 0 Å². The number of nitrogens with zero attached hydrogens (tertiary/aromatic N) is 1. The molecule has 14 heteroatoms. The summed E-state index contributed by atoms with van der Waals surface area (Å²) in [5, 5.41) is 10.6. The first-order chi connectivity index (χ1) is 18.0. The van der Waals surface area contributed by atoms with Gasteiger partial charge in [0.25, 0.3) is 0 Å². The second-order valence-corrected chi connectivity index (χ2v) is 10.5. The van der Waals surface area contributed by atoms with Gasteiger partial charge in [-0.15, -0.1) is 0 Å². The smallest absolute Gasteiger partial charge is 0.243 e. The molecule has 0 heterocycles. The van der Waals surface area contributed by atoms with Crippen molar-refractivity contribution in [2.24, 2.45) is 45.7 Å². The molecule has 14 nitrogen and oxygen atoms in total. The van der Waals surface area contributed by atoms with Crippen LogP contribution in [0.3, 0.4) is 0 Å². The molecule has 0 aromatic carbocycles. The zero-order valence-electron chi connectivity index (χ0n) is 24.2. The summed E-state index contributed by atoms with van der Waals surface area (Å²) in [4.78, 5) is 67.2. The van der Waals surface area contributed by atoms with Crippen molar-refractivity contribution in [3.05, 3.63) is 0 Å². The lowest BCUT2D eigenvalue weighted by Crippen LogP contribution is -2.61. The molecule has 0 saturated carbocycles. The van der Waals surface area contributed by atoms with E-state index in [-0.39, 0.29) is 23.7 Å². The standard InChI is InChI=1S/C25H49N9O5/c1-8-14(6)19(24(39)31-15(7)20(27)35)34-23(38)18(13(4)5)33-22(37)17(12(2)3)32-21(36)16(26)10-9-11-30-25(28)29/h12-19H,8-11,26H2,1-7H3,(H2,27,35)(H,31,39)(H,32,36)(H,33,37)(H,34,38)(H4,28,29,30)/t14-,15-,16-,17-,18-,19-/m0/s1. The van der Waals surface area contributed by atoms with Crippen LogP contribution in [0.1, 0.15) is 67.7 Å². The first-order valence-corrected chi connectivity index (χ1v) is 13.3. The van der Waals surface area contributed by atoms with Gasteiger partial charge in [0.05, 0.1) is 6.04 Å². The maximum absolute atomic E-state index is 13.3. The molecule has 0 aliphatic carbocycles. The van der Waals surface area contributed by atoms with Crippen LogP contribution in [-0.2, 0) is 24.0 Å². The fraction of sp³-hybridized carbons (Fsp3) is 0.760. The van der Waals surface area contributed by atoms with E-state index in [9.17, 15) is 24.0 Å². The molecule has 0 aliphatic rings. The van der Waals surface area contributed by atoms with Crippen molar-refractivity contribution >= 4 is 35.5 Å². The largest absolute Gasteiger partial charge is 0.370 e. The second-order valence-electron chi connectivity index (χ2n) is 10.5. The number of hydrogen-bond donors (Lipinski definition) is 8. The van der Waals surface area contributed by atoms with Crippen LogP contribution >= 0.6 is 0 Å². The molecule has 0 bridgehead atoms. The van der Waals surface area contributed by atoms with Gasteiger partial charge in [-0.3, -0.25) is 29.0 Å². The molecule has 0 aromatic heterocycles. The minimum absolute atomic E-state index is 0.0513. The molecule has 224 valence electrons. The highest BCUT2D eigenvalue weighted by atomic mass is 16.2. The van der Waals surface area contributed by atoms with Crippen LogP contribution in [0, 0.1) is 17.8 Å². The van der Waals surface area contributed by atoms with Gasteiger partial charge >= 0.3 is 0 Å². The van der Waals surface area contributed by atoms with Gasteiger partial charge in [0.15, 0.2) is 5.96 Å². The molecule has 0 saturated heterocycles. The van der Waals surface area contributed by atoms with E-state index < -0.39 is 59.7 Å². The van der Waals surface area contributed by atoms with Gasteiger partial charge in [-0.2, -0.15) is 0 Å². The maximum Gasteiger partial charge on any atom is 0.243 e. The molecular weight excluding hydrogens is 506 g/mol. The summed E-state index contributed by atoms with van der Waals surface area (Å²) >= 11 is 0. The third-order valence-electron chi connectivity index (χ3n) is 6.38. The molecule has 0 aliphatic heterocycles. The average molecular weight is 556 g/mol. The predicted octanol–water partition coefficient (Wildman–Crippen LogP) is -1.83. The zero-order valence-corrected chi connectivity index (χ0v) is 24.2. The predicted molar refractivity (Wildman–Crippen MR) is 150 cm³/mol. The fourth-order valence-corrected chi connectivity index (χ4v) is 3.54. The van der Waals surface area contributed by atoms with Crippen LogP contribution in [0.2, 0.25) is 0 Å². The van der Waals surface area contributed by atoms with Gasteiger partial charge in [0, 0.05) is 6.54 Å². The number of nitrogens with one attached hydrogen (secondary N) is 4. The van der Waals surface area contributed by atoms with Gasteiger partial charge in [0.1, 0.15) is 24.2 Å². The third-order valence-corrected chi connectivity index (χ3v) is 6.38. The van der Waals surface area contributed by atoms with Crippen LogP contribution in [-0.4, -0.2) is 72.2 Å². The normalized spacial score (nSPS) is 15.7. The van der Waals surface area contributed by atoms with Crippen molar-refractivity contribution in [1.82, 2.24) is 21.3 Å². The topological polar surface area (TPSA) is 250 Å². The minimum Gasteiger partial charge on any atom is -0.370 e. The zero-order chi connectivity index (χ0) is 30.4. The number of hydrogen-bond acceptors (Lipinski definition) is 7. The number of rotatable bonds is 17. The molecule has 12 N–H and O–H groups in total. The Bertz CT molecular complexity index is 874. The summed E-state index contributed by atoms with van der Waals surface area (Å²) in [6.45, 7) is 12.4. The Kier molecular flexibility index (Phi) is 15.7. The van der Waals surface area contributed by atoms with Gasteiger partial charge in [-0.05, 0) is 37.5 Å². The minimum atomic E-state index is -1.00. The van der Waals surface area contributed by atoms with Crippen LogP contribution in [0.4, 0.5) is 0 Å². The van der Waals surface area contributed by atoms with Gasteiger partial charge in [-0.25, -0.2) is 0 Å². The van der Waals surface area contributed by atoms with E-state index in [0.717, 1.165) is 0 Å². The Morgan fingerprint density at radius 1 is 0.692 bits per heavy atom. The summed E-state index contributed by atoms with van der Waals surface area (Å²) < 4.78 is 0. The Labute approximate surface area is 231 Å². The summed E-state index contributed by atoms with van der Waals surface area (Å²) in [5.74, 6) is -3.90. The Hall–Kier alpha value is -3.42. The number of amides is 5. The van der Waals surface area contributed by atoms with E-state index in [2.05, 4.69) is 26.3 Å². The summed E-state index contributed by atoms with van der Waals surface area (Å²) in [5.41, 5.74) is 21.8. The molecular formula is C25H49N9O5. The first kappa shape index (κ1) is 35.6. The lowest BCUT2D eigenvalue weighted by atomic mass is 9.95. The van der Waals surface area contributed by atoms with Crippen molar-refractivity contribution in [3.63, 3.8) is 0 Å². The van der Waals surface area contributed by atoms with E-state index in [4.69, 9.17) is 22.9 Å². The fourth-order valence-electron chi connectivity index (χ4n) is 3.54. The number of primary amides is 1. The van der Waals surface area contributed by atoms with Crippen molar-refractivity contribution in [2.75, 3.05) is 6.54 Å². The first-order valence-electron chi connectivity index (χ1n) is 13.3. The van der Waals surface area contributed by atoms with Gasteiger partial charge in [0.2, 0.25) is 29.5 Å². The summed E-state index contributed by atoms with van der Waals surface area (Å²) in [6.07, 6.45) is 1.35. The van der Waals surface area contributed by atoms with Crippen molar-refractivity contribution < 1.29 is 24.0 Å². The maximum atomic E-state index is 13.3. The monoisotopic (exact) mass is 555 g/mol. The van der Waals surface area contributed by atoms with Crippen LogP contribution in [0.5, 0.6) is 0 Å². The van der Waals surface area contributed by atoms with Crippen LogP contribution in [0.15, 0.2) is 4.99 Å². The molecule has 0 fully saturated rings. The number of aliphatic imine (C=N–C) groups is 1. The van der Waals surface area contributed by atoms with E-state index in [1.54, 1.807) is 34.6 Å².